The molecule has 0 saturated carbocycles. The smallest absolute Gasteiger partial charge is 0.345 e. The summed E-state index contributed by atoms with van der Waals surface area (Å²) in [7, 11) is 2.87. The maximum atomic E-state index is 12.6. The van der Waals surface area contributed by atoms with Crippen LogP contribution in [-0.2, 0) is 14.3 Å². The topological polar surface area (TPSA) is 71.1 Å². The van der Waals surface area contributed by atoms with E-state index in [1.807, 2.05) is 24.3 Å². The van der Waals surface area contributed by atoms with Gasteiger partial charge >= 0.3 is 11.9 Å². The van der Waals surface area contributed by atoms with Crippen LogP contribution in [0.3, 0.4) is 0 Å². The molecule has 0 unspecified atom stereocenters. The molecule has 0 aromatic heterocycles. The Bertz CT molecular complexity index is 926. The molecule has 0 bridgehead atoms. The van der Waals surface area contributed by atoms with Gasteiger partial charge in [0.05, 0.1) is 14.2 Å². The normalized spacial score (nSPS) is 14.9. The van der Waals surface area contributed by atoms with Crippen molar-refractivity contribution in [1.29, 1.82) is 0 Å². The molecule has 0 amide bonds. The fraction of sp³-hybridized carbons (Fsp3) is 0.238. The maximum Gasteiger partial charge on any atom is 0.345 e. The molecular formula is C21H20O6. The van der Waals surface area contributed by atoms with Crippen LogP contribution in [0.25, 0.3) is 17.2 Å². The standard InChI is InChI=1S/C21H20O6/c1-21(2)26-17-12-15(24-3)11-16(19(17)20(23)27-21)14-7-5-6-13(10-14)8-9-18(22)25-4/h5-12H,1-4H3. The summed E-state index contributed by atoms with van der Waals surface area (Å²) in [4.78, 5) is 23.9. The summed E-state index contributed by atoms with van der Waals surface area (Å²) in [5.41, 5.74) is 2.50. The van der Waals surface area contributed by atoms with Crippen molar-refractivity contribution in [1.82, 2.24) is 0 Å². The van der Waals surface area contributed by atoms with Gasteiger partial charge in [0.1, 0.15) is 17.1 Å². The third-order valence-corrected chi connectivity index (χ3v) is 4.02. The van der Waals surface area contributed by atoms with E-state index in [1.54, 1.807) is 39.2 Å². The van der Waals surface area contributed by atoms with Crippen molar-refractivity contribution < 1.29 is 28.5 Å². The van der Waals surface area contributed by atoms with E-state index in [2.05, 4.69) is 4.74 Å². The number of fused-ring (bicyclic) bond motifs is 1. The molecular weight excluding hydrogens is 348 g/mol. The van der Waals surface area contributed by atoms with E-state index in [1.165, 1.54) is 13.2 Å². The molecule has 1 aliphatic rings. The zero-order valence-corrected chi connectivity index (χ0v) is 15.6. The number of rotatable bonds is 4. The Hall–Kier alpha value is -3.28. The minimum Gasteiger partial charge on any atom is -0.497 e. The molecule has 6 nitrogen and oxygen atoms in total. The van der Waals surface area contributed by atoms with Crippen molar-refractivity contribution in [2.24, 2.45) is 0 Å². The van der Waals surface area contributed by atoms with E-state index < -0.39 is 17.7 Å². The van der Waals surface area contributed by atoms with Gasteiger partial charge in [0.25, 0.3) is 0 Å². The minimum atomic E-state index is -1.06. The van der Waals surface area contributed by atoms with E-state index >= 15 is 0 Å². The average Bonchev–Trinajstić information content (AvgIpc) is 2.64. The highest BCUT2D eigenvalue weighted by Crippen LogP contribution is 2.41. The van der Waals surface area contributed by atoms with Gasteiger partial charge in [0, 0.05) is 31.6 Å². The number of carbonyl (C=O) groups is 2. The SMILES string of the molecule is COC(=O)C=Cc1cccc(-c2cc(OC)cc3c2C(=O)OC(C)(C)O3)c1. The summed E-state index contributed by atoms with van der Waals surface area (Å²) in [6.45, 7) is 3.34. The van der Waals surface area contributed by atoms with Crippen molar-refractivity contribution in [3.63, 3.8) is 0 Å². The third-order valence-electron chi connectivity index (χ3n) is 4.02. The molecule has 1 heterocycles. The van der Waals surface area contributed by atoms with Crippen LogP contribution in [0.5, 0.6) is 11.5 Å². The van der Waals surface area contributed by atoms with Gasteiger partial charge in [-0.15, -0.1) is 0 Å². The highest BCUT2D eigenvalue weighted by atomic mass is 16.7. The monoisotopic (exact) mass is 368 g/mol. The first-order valence-corrected chi connectivity index (χ1v) is 8.34. The van der Waals surface area contributed by atoms with Gasteiger partial charge in [-0.1, -0.05) is 18.2 Å². The highest BCUT2D eigenvalue weighted by Gasteiger charge is 2.36. The van der Waals surface area contributed by atoms with Gasteiger partial charge in [-0.05, 0) is 29.3 Å². The Labute approximate surface area is 157 Å². The lowest BCUT2D eigenvalue weighted by Gasteiger charge is -2.32. The van der Waals surface area contributed by atoms with Crippen LogP contribution in [0.15, 0.2) is 42.5 Å². The van der Waals surface area contributed by atoms with Crippen molar-refractivity contribution >= 4 is 18.0 Å². The largest absolute Gasteiger partial charge is 0.497 e. The lowest BCUT2D eigenvalue weighted by atomic mass is 9.96. The molecule has 3 rings (SSSR count). The number of benzene rings is 2. The van der Waals surface area contributed by atoms with Crippen LogP contribution in [-0.4, -0.2) is 31.9 Å². The molecule has 0 fully saturated rings. The first-order valence-electron chi connectivity index (χ1n) is 8.34. The fourth-order valence-electron chi connectivity index (χ4n) is 2.83. The molecule has 2 aromatic rings. The van der Waals surface area contributed by atoms with Gasteiger partial charge < -0.3 is 18.9 Å². The van der Waals surface area contributed by atoms with Gasteiger partial charge in [-0.2, -0.15) is 0 Å². The number of carbonyl (C=O) groups excluding carboxylic acids is 2. The van der Waals surface area contributed by atoms with Crippen molar-refractivity contribution in [2.75, 3.05) is 14.2 Å². The summed E-state index contributed by atoms with van der Waals surface area (Å²) in [6.07, 6.45) is 2.97. The molecule has 6 heteroatoms. The lowest BCUT2D eigenvalue weighted by Crippen LogP contribution is -2.39. The summed E-state index contributed by atoms with van der Waals surface area (Å²) in [5.74, 6) is -1.00. The average molecular weight is 368 g/mol. The molecule has 0 atom stereocenters. The number of cyclic esters (lactones) is 1. The van der Waals surface area contributed by atoms with Gasteiger partial charge in [-0.3, -0.25) is 0 Å². The van der Waals surface area contributed by atoms with E-state index in [-0.39, 0.29) is 0 Å². The number of methoxy groups -OCH3 is 2. The molecule has 140 valence electrons. The van der Waals surface area contributed by atoms with Gasteiger partial charge in [0.15, 0.2) is 0 Å². The second-order valence-corrected chi connectivity index (χ2v) is 6.42. The Balaban J connectivity index is 2.11. The second-order valence-electron chi connectivity index (χ2n) is 6.42. The molecule has 0 N–H and O–H groups in total. The molecule has 0 saturated heterocycles. The van der Waals surface area contributed by atoms with E-state index in [9.17, 15) is 9.59 Å². The Morgan fingerprint density at radius 3 is 2.59 bits per heavy atom. The van der Waals surface area contributed by atoms with Crippen LogP contribution < -0.4 is 9.47 Å². The predicted molar refractivity (Wildman–Crippen MR) is 99.6 cm³/mol. The van der Waals surface area contributed by atoms with Crippen LogP contribution in [0.2, 0.25) is 0 Å². The van der Waals surface area contributed by atoms with Gasteiger partial charge in [0.2, 0.25) is 5.79 Å². The minimum absolute atomic E-state index is 0.337. The second kappa shape index (κ2) is 7.15. The Kier molecular flexibility index (Phi) is 4.90. The zero-order valence-electron chi connectivity index (χ0n) is 15.6. The summed E-state index contributed by atoms with van der Waals surface area (Å²) >= 11 is 0. The lowest BCUT2D eigenvalue weighted by molar-refractivity contribution is -0.134. The maximum absolute atomic E-state index is 12.6. The summed E-state index contributed by atoms with van der Waals surface area (Å²) in [6, 6.07) is 10.8. The van der Waals surface area contributed by atoms with E-state index in [0.29, 0.717) is 22.6 Å². The van der Waals surface area contributed by atoms with Crippen LogP contribution >= 0.6 is 0 Å². The summed E-state index contributed by atoms with van der Waals surface area (Å²) < 4.78 is 21.2. The third kappa shape index (κ3) is 3.95. The number of hydrogen-bond acceptors (Lipinski definition) is 6. The van der Waals surface area contributed by atoms with Gasteiger partial charge in [-0.25, -0.2) is 9.59 Å². The van der Waals surface area contributed by atoms with Crippen molar-refractivity contribution in [3.05, 3.63) is 53.6 Å². The van der Waals surface area contributed by atoms with E-state index in [4.69, 9.17) is 14.2 Å². The zero-order chi connectivity index (χ0) is 19.6. The summed E-state index contributed by atoms with van der Waals surface area (Å²) in [5, 5.41) is 0. The molecule has 0 radical (unpaired) electrons. The molecule has 0 aliphatic carbocycles. The highest BCUT2D eigenvalue weighted by molar-refractivity contribution is 6.01. The molecule has 1 aliphatic heterocycles. The van der Waals surface area contributed by atoms with Crippen LogP contribution in [0, 0.1) is 0 Å². The molecule has 27 heavy (non-hydrogen) atoms. The quantitative estimate of drug-likeness (QED) is 0.603. The Morgan fingerprint density at radius 1 is 1.11 bits per heavy atom. The predicted octanol–water partition coefficient (Wildman–Crippen LogP) is 3.83. The van der Waals surface area contributed by atoms with Crippen LogP contribution in [0.1, 0.15) is 29.8 Å². The molecule has 2 aromatic carbocycles. The van der Waals surface area contributed by atoms with Crippen molar-refractivity contribution in [2.45, 2.75) is 19.6 Å². The fourth-order valence-corrected chi connectivity index (χ4v) is 2.83. The first-order chi connectivity index (χ1) is 12.8. The van der Waals surface area contributed by atoms with Crippen LogP contribution in [0.4, 0.5) is 0 Å². The Morgan fingerprint density at radius 2 is 1.89 bits per heavy atom. The number of esters is 2. The van der Waals surface area contributed by atoms with Crippen molar-refractivity contribution in [3.8, 4) is 22.6 Å². The van der Waals surface area contributed by atoms with E-state index in [0.717, 1.165) is 11.1 Å². The number of hydrogen-bond donors (Lipinski definition) is 0. The molecule has 0 spiro atoms. The first kappa shape index (κ1) is 18.5. The number of ether oxygens (including phenoxy) is 4.